The molecule has 0 atom stereocenters. The van der Waals surface area contributed by atoms with Crippen LogP contribution in [0.5, 0.6) is 5.75 Å². The number of rotatable bonds is 8. The summed E-state index contributed by atoms with van der Waals surface area (Å²) in [4.78, 5) is 0. The Kier molecular flexibility index (Phi) is 5.70. The smallest absolute Gasteiger partial charge is 0.136 e. The van der Waals surface area contributed by atoms with Crippen LogP contribution in [0.2, 0.25) is 0 Å². The van der Waals surface area contributed by atoms with Gasteiger partial charge in [0.05, 0.1) is 13.2 Å². The molecular formula is C34H30O4. The van der Waals surface area contributed by atoms with Crippen LogP contribution >= 0.6 is 0 Å². The van der Waals surface area contributed by atoms with Gasteiger partial charge in [0.15, 0.2) is 0 Å². The number of hydrogen-bond acceptors (Lipinski definition) is 4. The summed E-state index contributed by atoms with van der Waals surface area (Å²) in [6.07, 6.45) is 3.09. The Morgan fingerprint density at radius 1 is 0.579 bits per heavy atom. The standard InChI is InChI=1S/C34H30O4/c1-3-5-11-36-26-9-8-23-16-28-30-20-33-29(19-34(30)38-32(28)18-25(23)14-26)27-15-22-7-6-21(10-12-35-4-2)13-24(22)17-31(27)37-33/h6-9,13-20H,3-5,10-12H2,1-2H3. The first kappa shape index (κ1) is 23.1. The van der Waals surface area contributed by atoms with Crippen LogP contribution in [0.1, 0.15) is 32.3 Å². The van der Waals surface area contributed by atoms with Crippen molar-refractivity contribution in [3.8, 4) is 5.75 Å². The van der Waals surface area contributed by atoms with E-state index in [2.05, 4.69) is 79.7 Å². The van der Waals surface area contributed by atoms with E-state index < -0.39 is 0 Å². The highest BCUT2D eigenvalue weighted by atomic mass is 16.5. The van der Waals surface area contributed by atoms with Gasteiger partial charge < -0.3 is 18.3 Å². The molecule has 0 radical (unpaired) electrons. The molecular weight excluding hydrogens is 472 g/mol. The lowest BCUT2D eigenvalue weighted by molar-refractivity contribution is 0.151. The maximum Gasteiger partial charge on any atom is 0.136 e. The molecule has 0 N–H and O–H groups in total. The number of unbranched alkanes of at least 4 members (excludes halogenated alkanes) is 1. The third-order valence-corrected chi connectivity index (χ3v) is 7.52. The van der Waals surface area contributed by atoms with Gasteiger partial charge >= 0.3 is 0 Å². The van der Waals surface area contributed by atoms with Gasteiger partial charge in [0.25, 0.3) is 0 Å². The van der Waals surface area contributed by atoms with E-state index in [4.69, 9.17) is 18.3 Å². The van der Waals surface area contributed by atoms with E-state index in [0.29, 0.717) is 0 Å². The Balaban J connectivity index is 1.32. The van der Waals surface area contributed by atoms with Crippen LogP contribution in [0.3, 0.4) is 0 Å². The first-order valence-electron chi connectivity index (χ1n) is 13.6. The first-order chi connectivity index (χ1) is 18.7. The molecule has 0 saturated carbocycles. The van der Waals surface area contributed by atoms with Crippen molar-refractivity contribution in [1.82, 2.24) is 0 Å². The van der Waals surface area contributed by atoms with Gasteiger partial charge in [0.2, 0.25) is 0 Å². The van der Waals surface area contributed by atoms with Gasteiger partial charge in [0.1, 0.15) is 28.1 Å². The molecule has 0 aliphatic rings. The molecule has 0 saturated heterocycles. The van der Waals surface area contributed by atoms with E-state index in [0.717, 1.165) is 94.1 Å². The normalized spacial score (nSPS) is 12.2. The zero-order chi connectivity index (χ0) is 25.6. The lowest BCUT2D eigenvalue weighted by Crippen LogP contribution is -1.97. The molecule has 4 nitrogen and oxygen atoms in total. The van der Waals surface area contributed by atoms with E-state index in [1.54, 1.807) is 0 Å². The molecule has 38 heavy (non-hydrogen) atoms. The molecule has 4 heteroatoms. The predicted molar refractivity (Wildman–Crippen MR) is 157 cm³/mol. The highest BCUT2D eigenvalue weighted by Gasteiger charge is 2.15. The molecule has 7 aromatic rings. The number of hydrogen-bond donors (Lipinski definition) is 0. The van der Waals surface area contributed by atoms with Gasteiger partial charge in [-0.15, -0.1) is 0 Å². The molecule has 0 spiro atoms. The first-order valence-corrected chi connectivity index (χ1v) is 13.6. The fraction of sp³-hybridized carbons (Fsp3) is 0.235. The fourth-order valence-corrected chi connectivity index (χ4v) is 5.47. The summed E-state index contributed by atoms with van der Waals surface area (Å²) in [7, 11) is 0. The number of furan rings is 2. The second-order valence-electron chi connectivity index (χ2n) is 10.1. The van der Waals surface area contributed by atoms with Crippen molar-refractivity contribution in [2.75, 3.05) is 19.8 Å². The lowest BCUT2D eigenvalue weighted by Gasteiger charge is -2.06. The van der Waals surface area contributed by atoms with E-state index in [1.165, 1.54) is 21.7 Å². The van der Waals surface area contributed by atoms with Crippen molar-refractivity contribution in [2.45, 2.75) is 33.1 Å². The Labute approximate surface area is 220 Å². The van der Waals surface area contributed by atoms with Crippen molar-refractivity contribution in [3.63, 3.8) is 0 Å². The molecule has 0 bridgehead atoms. The van der Waals surface area contributed by atoms with Crippen molar-refractivity contribution in [1.29, 1.82) is 0 Å². The molecule has 7 rings (SSSR count). The number of ether oxygens (including phenoxy) is 2. The van der Waals surface area contributed by atoms with Gasteiger partial charge in [-0.1, -0.05) is 37.6 Å². The van der Waals surface area contributed by atoms with E-state index in [-0.39, 0.29) is 0 Å². The summed E-state index contributed by atoms with van der Waals surface area (Å²) in [6.45, 7) is 6.43. The zero-order valence-corrected chi connectivity index (χ0v) is 21.8. The maximum absolute atomic E-state index is 6.39. The molecule has 0 fully saturated rings. The van der Waals surface area contributed by atoms with Crippen LogP contribution in [0, 0.1) is 0 Å². The summed E-state index contributed by atoms with van der Waals surface area (Å²) in [5.41, 5.74) is 4.79. The van der Waals surface area contributed by atoms with Crippen LogP contribution in [-0.4, -0.2) is 19.8 Å². The minimum absolute atomic E-state index is 0.741. The molecule has 190 valence electrons. The fourth-order valence-electron chi connectivity index (χ4n) is 5.47. The van der Waals surface area contributed by atoms with E-state index >= 15 is 0 Å². The van der Waals surface area contributed by atoms with Gasteiger partial charge in [-0.3, -0.25) is 0 Å². The highest BCUT2D eigenvalue weighted by molar-refractivity contribution is 6.18. The largest absolute Gasteiger partial charge is 0.494 e. The van der Waals surface area contributed by atoms with E-state index in [9.17, 15) is 0 Å². The molecule has 2 aromatic heterocycles. The monoisotopic (exact) mass is 502 g/mol. The van der Waals surface area contributed by atoms with Crippen LogP contribution in [0.4, 0.5) is 0 Å². The Bertz CT molecular complexity index is 1810. The molecule has 0 aliphatic heterocycles. The summed E-state index contributed by atoms with van der Waals surface area (Å²) < 4.78 is 24.2. The Morgan fingerprint density at radius 3 is 1.84 bits per heavy atom. The number of fused-ring (bicyclic) bond motifs is 8. The Hall–Kier alpha value is -4.02. The lowest BCUT2D eigenvalue weighted by atomic mass is 10.0. The minimum Gasteiger partial charge on any atom is -0.494 e. The third kappa shape index (κ3) is 3.97. The zero-order valence-electron chi connectivity index (χ0n) is 21.8. The SMILES string of the molecule is CCCCOc1ccc2cc3c(cc2c1)oc1cc2c(cc13)oc1cc3cc(CCOCC)ccc3cc12. The van der Waals surface area contributed by atoms with Crippen LogP contribution < -0.4 is 4.74 Å². The van der Waals surface area contributed by atoms with Crippen LogP contribution in [0.25, 0.3) is 65.4 Å². The predicted octanol–water partition coefficient (Wildman–Crippen LogP) is 9.55. The quantitative estimate of drug-likeness (QED) is 0.194. The van der Waals surface area contributed by atoms with E-state index in [1.807, 2.05) is 6.92 Å². The Morgan fingerprint density at radius 2 is 1.18 bits per heavy atom. The van der Waals surface area contributed by atoms with Crippen molar-refractivity contribution < 1.29 is 18.3 Å². The van der Waals surface area contributed by atoms with Gasteiger partial charge in [0, 0.05) is 28.2 Å². The van der Waals surface area contributed by atoms with Crippen molar-refractivity contribution in [2.24, 2.45) is 0 Å². The summed E-state index contributed by atoms with van der Waals surface area (Å²) in [5, 5.41) is 9.02. The van der Waals surface area contributed by atoms with Gasteiger partial charge in [-0.05, 0) is 95.4 Å². The minimum atomic E-state index is 0.741. The summed E-state index contributed by atoms with van der Waals surface area (Å²) >= 11 is 0. The van der Waals surface area contributed by atoms with Crippen LogP contribution in [0.15, 0.2) is 81.6 Å². The van der Waals surface area contributed by atoms with Crippen molar-refractivity contribution in [3.05, 3.63) is 78.4 Å². The second-order valence-corrected chi connectivity index (χ2v) is 10.1. The molecule has 2 heterocycles. The van der Waals surface area contributed by atoms with Crippen molar-refractivity contribution >= 4 is 65.4 Å². The molecule has 5 aromatic carbocycles. The maximum atomic E-state index is 6.39. The average molecular weight is 503 g/mol. The summed E-state index contributed by atoms with van der Waals surface area (Å²) in [6, 6.07) is 25.9. The topological polar surface area (TPSA) is 44.7 Å². The van der Waals surface area contributed by atoms with Crippen LogP contribution in [-0.2, 0) is 11.2 Å². The molecule has 0 aliphatic carbocycles. The average Bonchev–Trinajstić information content (AvgIpc) is 3.45. The summed E-state index contributed by atoms with van der Waals surface area (Å²) in [5.74, 6) is 0.902. The molecule has 0 unspecified atom stereocenters. The second kappa shape index (κ2) is 9.38. The highest BCUT2D eigenvalue weighted by Crippen LogP contribution is 2.39. The van der Waals surface area contributed by atoms with Gasteiger partial charge in [-0.2, -0.15) is 0 Å². The number of benzene rings is 5. The van der Waals surface area contributed by atoms with Gasteiger partial charge in [-0.25, -0.2) is 0 Å². The third-order valence-electron chi connectivity index (χ3n) is 7.52. The molecule has 0 amide bonds.